The number of hydrogen-bond acceptors (Lipinski definition) is 8. The molecule has 0 radical (unpaired) electrons. The van der Waals surface area contributed by atoms with Crippen LogP contribution in [0.1, 0.15) is 76.3 Å². The maximum atomic E-state index is 12.7. The summed E-state index contributed by atoms with van der Waals surface area (Å²) in [6, 6.07) is 12.2. The number of carbonyl (C=O) groups excluding carboxylic acids is 2. The van der Waals surface area contributed by atoms with Crippen LogP contribution < -0.4 is 9.47 Å². The van der Waals surface area contributed by atoms with Gasteiger partial charge in [0.2, 0.25) is 0 Å². The maximum Gasteiger partial charge on any atom is 0.306 e. The van der Waals surface area contributed by atoms with Crippen molar-refractivity contribution in [3.63, 3.8) is 0 Å². The van der Waals surface area contributed by atoms with Gasteiger partial charge in [-0.25, -0.2) is 0 Å². The molecule has 3 rings (SSSR count). The van der Waals surface area contributed by atoms with Crippen LogP contribution in [-0.4, -0.2) is 63.8 Å². The molecule has 0 amide bonds. The Balaban J connectivity index is 1.96. The van der Waals surface area contributed by atoms with Gasteiger partial charge < -0.3 is 28.4 Å². The molecule has 0 bridgehead atoms. The van der Waals surface area contributed by atoms with Crippen molar-refractivity contribution in [3.8, 4) is 11.5 Å². The molecule has 0 N–H and O–H groups in total. The van der Waals surface area contributed by atoms with E-state index in [1.54, 1.807) is 12.2 Å². The predicted octanol–water partition coefficient (Wildman–Crippen LogP) is 8.76. The molecule has 3 aromatic rings. The number of carbonyl (C=O) groups is 2. The fourth-order valence-electron chi connectivity index (χ4n) is 5.37. The highest BCUT2D eigenvalue weighted by molar-refractivity contribution is 6.11. The quantitative estimate of drug-likeness (QED) is 0.0407. The lowest BCUT2D eigenvalue weighted by atomic mass is 9.97. The molecule has 8 nitrogen and oxygen atoms in total. The number of rotatable bonds is 24. The summed E-state index contributed by atoms with van der Waals surface area (Å²) in [6.07, 6.45) is 8.39. The molecule has 48 heavy (non-hydrogen) atoms. The molecular formula is C40H54O8. The minimum absolute atomic E-state index is 0.111. The Morgan fingerprint density at radius 2 is 1.04 bits per heavy atom. The molecule has 0 saturated heterocycles. The van der Waals surface area contributed by atoms with Crippen molar-refractivity contribution in [1.82, 2.24) is 0 Å². The molecule has 0 aromatic heterocycles. The lowest BCUT2D eigenvalue weighted by Gasteiger charge is -2.23. The normalized spacial score (nSPS) is 12.4. The molecule has 2 atom stereocenters. The molecule has 0 aliphatic heterocycles. The maximum absolute atomic E-state index is 12.7. The zero-order chi connectivity index (χ0) is 34.7. The molecule has 0 heterocycles. The molecule has 0 spiro atoms. The van der Waals surface area contributed by atoms with Crippen LogP contribution in [0.4, 0.5) is 0 Å². The van der Waals surface area contributed by atoms with Crippen molar-refractivity contribution in [2.45, 2.75) is 91.3 Å². The van der Waals surface area contributed by atoms with Crippen molar-refractivity contribution >= 4 is 33.5 Å². The molecule has 262 valence electrons. The van der Waals surface area contributed by atoms with Crippen molar-refractivity contribution in [1.29, 1.82) is 0 Å². The first-order valence-corrected chi connectivity index (χ1v) is 17.3. The van der Waals surface area contributed by atoms with Gasteiger partial charge in [0.15, 0.2) is 12.2 Å². The second kappa shape index (κ2) is 21.2. The van der Waals surface area contributed by atoms with Crippen molar-refractivity contribution < 1.29 is 38.0 Å². The van der Waals surface area contributed by atoms with Gasteiger partial charge in [-0.05, 0) is 38.8 Å². The van der Waals surface area contributed by atoms with Gasteiger partial charge in [0, 0.05) is 34.4 Å². The van der Waals surface area contributed by atoms with E-state index in [0.29, 0.717) is 37.6 Å². The second-order valence-electron chi connectivity index (χ2n) is 12.2. The van der Waals surface area contributed by atoms with Crippen LogP contribution in [0.5, 0.6) is 11.5 Å². The molecule has 0 fully saturated rings. The Morgan fingerprint density at radius 1 is 0.625 bits per heavy atom. The highest BCUT2D eigenvalue weighted by Gasteiger charge is 2.22. The van der Waals surface area contributed by atoms with Gasteiger partial charge in [0.25, 0.3) is 0 Å². The summed E-state index contributed by atoms with van der Waals surface area (Å²) in [7, 11) is 0. The van der Waals surface area contributed by atoms with Crippen molar-refractivity contribution in [3.05, 3.63) is 72.8 Å². The van der Waals surface area contributed by atoms with Crippen LogP contribution in [0.2, 0.25) is 0 Å². The van der Waals surface area contributed by atoms with E-state index in [9.17, 15) is 9.59 Å². The highest BCUT2D eigenvalue weighted by atomic mass is 16.6. The minimum atomic E-state index is -0.598. The largest absolute Gasteiger partial charge is 0.488 e. The summed E-state index contributed by atoms with van der Waals surface area (Å²) in [4.78, 5) is 25.3. The van der Waals surface area contributed by atoms with E-state index in [4.69, 9.17) is 28.4 Å². The molecule has 8 heteroatoms. The zero-order valence-electron chi connectivity index (χ0n) is 29.4. The number of fused-ring (bicyclic) bond motifs is 2. The highest BCUT2D eigenvalue weighted by Crippen LogP contribution is 2.43. The van der Waals surface area contributed by atoms with Gasteiger partial charge in [0.1, 0.15) is 24.7 Å². The molecule has 0 aliphatic carbocycles. The van der Waals surface area contributed by atoms with E-state index in [1.165, 1.54) is 0 Å². The van der Waals surface area contributed by atoms with E-state index in [-0.39, 0.29) is 38.4 Å². The third-order valence-electron chi connectivity index (χ3n) is 7.80. The van der Waals surface area contributed by atoms with Crippen LogP contribution in [0.25, 0.3) is 21.5 Å². The standard InChI is InChI=1S/C40H54O8/c1-7-11-13-15-37(41)47-31(25-43-21-9-3)27-45-39-33-19-17-30(6)24-36(33)40(34-20-18-29(5)23-35(34)39)46-28-32(26-44-22-10-4)48-38(42)16-14-12-8-2/h9-10,17-20,23-24,31-32H,3-4,7-8,11-16,21-22,25-28H2,1-2,5-6H3. The summed E-state index contributed by atoms with van der Waals surface area (Å²) >= 11 is 0. The van der Waals surface area contributed by atoms with E-state index >= 15 is 0 Å². The van der Waals surface area contributed by atoms with E-state index in [2.05, 4.69) is 39.1 Å². The first-order valence-electron chi connectivity index (χ1n) is 17.3. The third kappa shape index (κ3) is 12.3. The summed E-state index contributed by atoms with van der Waals surface area (Å²) < 4.78 is 36.1. The number of ether oxygens (including phenoxy) is 6. The molecule has 0 aliphatic rings. The van der Waals surface area contributed by atoms with Crippen LogP contribution >= 0.6 is 0 Å². The van der Waals surface area contributed by atoms with Gasteiger partial charge in [-0.1, -0.05) is 87.1 Å². The average molecular weight is 663 g/mol. The molecule has 2 unspecified atom stereocenters. The van der Waals surface area contributed by atoms with Crippen molar-refractivity contribution in [2.75, 3.05) is 39.6 Å². The fourth-order valence-corrected chi connectivity index (χ4v) is 5.37. The minimum Gasteiger partial charge on any atom is -0.488 e. The van der Waals surface area contributed by atoms with E-state index in [0.717, 1.165) is 71.2 Å². The van der Waals surface area contributed by atoms with Crippen LogP contribution in [0.3, 0.4) is 0 Å². The first-order chi connectivity index (χ1) is 23.3. The number of hydrogen-bond donors (Lipinski definition) is 0. The smallest absolute Gasteiger partial charge is 0.306 e. The summed E-state index contributed by atoms with van der Waals surface area (Å²) in [5.41, 5.74) is 2.10. The van der Waals surface area contributed by atoms with Gasteiger partial charge >= 0.3 is 11.9 Å². The Labute approximate surface area is 286 Å². The average Bonchev–Trinajstić information content (AvgIpc) is 3.06. The number of aryl methyl sites for hydroxylation is 2. The van der Waals surface area contributed by atoms with Crippen molar-refractivity contribution in [2.24, 2.45) is 0 Å². The Kier molecular flexibility index (Phi) is 17.0. The molecule has 3 aromatic carbocycles. The van der Waals surface area contributed by atoms with E-state index < -0.39 is 12.2 Å². The Morgan fingerprint density at radius 3 is 1.42 bits per heavy atom. The van der Waals surface area contributed by atoms with Crippen LogP contribution in [0, 0.1) is 13.8 Å². The number of benzene rings is 3. The van der Waals surface area contributed by atoms with Gasteiger partial charge in [0.05, 0.1) is 26.4 Å². The van der Waals surface area contributed by atoms with Gasteiger partial charge in [-0.3, -0.25) is 9.59 Å². The summed E-state index contributed by atoms with van der Waals surface area (Å²) in [5.74, 6) is 0.809. The number of esters is 2. The monoisotopic (exact) mass is 662 g/mol. The van der Waals surface area contributed by atoms with Crippen LogP contribution in [-0.2, 0) is 28.5 Å². The lowest BCUT2D eigenvalue weighted by Crippen LogP contribution is -2.30. The summed E-state index contributed by atoms with van der Waals surface area (Å²) in [6.45, 7) is 17.0. The van der Waals surface area contributed by atoms with Gasteiger partial charge in [-0.15, -0.1) is 13.2 Å². The zero-order valence-corrected chi connectivity index (χ0v) is 29.4. The Hall–Kier alpha value is -3.88. The van der Waals surface area contributed by atoms with Gasteiger partial charge in [-0.2, -0.15) is 0 Å². The first kappa shape index (κ1) is 38.6. The topological polar surface area (TPSA) is 89.5 Å². The predicted molar refractivity (Wildman–Crippen MR) is 192 cm³/mol. The molecule has 0 saturated carbocycles. The SMILES string of the molecule is C=CCOCC(COc1c2ccc(C)cc2c(OCC(COCC=C)OC(=O)CCCCC)c2ccc(C)cc12)OC(=O)CCCCC. The lowest BCUT2D eigenvalue weighted by molar-refractivity contribution is -0.154. The number of unbranched alkanes of at least 4 members (excludes halogenated alkanes) is 4. The second-order valence-corrected chi connectivity index (χ2v) is 12.2. The summed E-state index contributed by atoms with van der Waals surface area (Å²) in [5, 5.41) is 3.42. The Bertz CT molecular complexity index is 1370. The molecular weight excluding hydrogens is 608 g/mol. The third-order valence-corrected chi connectivity index (χ3v) is 7.80. The fraction of sp³-hybridized carbons (Fsp3) is 0.500. The van der Waals surface area contributed by atoms with E-state index in [1.807, 2.05) is 38.1 Å². The van der Waals surface area contributed by atoms with Crippen LogP contribution in [0.15, 0.2) is 61.7 Å².